The molecule has 0 aromatic heterocycles. The van der Waals surface area contributed by atoms with E-state index in [2.05, 4.69) is 17.2 Å². The second-order valence-electron chi connectivity index (χ2n) is 4.14. The van der Waals surface area contributed by atoms with Gasteiger partial charge < -0.3 is 11.1 Å². The van der Waals surface area contributed by atoms with Crippen LogP contribution in [0.5, 0.6) is 0 Å². The molecule has 18 heavy (non-hydrogen) atoms. The van der Waals surface area contributed by atoms with E-state index in [-0.39, 0.29) is 11.8 Å². The summed E-state index contributed by atoms with van der Waals surface area (Å²) in [5, 5.41) is 2.95. The van der Waals surface area contributed by atoms with Crippen LogP contribution in [0, 0.1) is 17.8 Å². The molecule has 0 saturated carbocycles. The van der Waals surface area contributed by atoms with Crippen molar-refractivity contribution in [3.63, 3.8) is 0 Å². The number of anilines is 1. The van der Waals surface area contributed by atoms with Crippen molar-refractivity contribution in [3.8, 4) is 11.8 Å². The quantitative estimate of drug-likeness (QED) is 0.796. The Bertz CT molecular complexity index is 484. The fourth-order valence-corrected chi connectivity index (χ4v) is 3.03. The summed E-state index contributed by atoms with van der Waals surface area (Å²) >= 11 is 1.84. The molecule has 0 radical (unpaired) electrons. The Morgan fingerprint density at radius 1 is 1.56 bits per heavy atom. The lowest BCUT2D eigenvalue weighted by atomic mass is 10.1. The van der Waals surface area contributed by atoms with Gasteiger partial charge in [0, 0.05) is 22.9 Å². The van der Waals surface area contributed by atoms with Gasteiger partial charge in [0.2, 0.25) is 5.91 Å². The van der Waals surface area contributed by atoms with Crippen LogP contribution in [-0.2, 0) is 4.79 Å². The summed E-state index contributed by atoms with van der Waals surface area (Å²) in [6, 6.07) is 7.56. The molecule has 4 heteroatoms. The highest BCUT2D eigenvalue weighted by Crippen LogP contribution is 2.24. The van der Waals surface area contributed by atoms with Crippen molar-refractivity contribution in [2.45, 2.75) is 6.42 Å². The van der Waals surface area contributed by atoms with Gasteiger partial charge in [-0.1, -0.05) is 17.9 Å². The number of hydrogen-bond donors (Lipinski definition) is 2. The van der Waals surface area contributed by atoms with Crippen LogP contribution in [0.2, 0.25) is 0 Å². The fraction of sp³-hybridized carbons (Fsp3) is 0.357. The molecule has 0 bridgehead atoms. The minimum Gasteiger partial charge on any atom is -0.326 e. The third-order valence-corrected chi connectivity index (χ3v) is 3.93. The van der Waals surface area contributed by atoms with Gasteiger partial charge in [-0.25, -0.2) is 0 Å². The van der Waals surface area contributed by atoms with Crippen LogP contribution in [0.15, 0.2) is 24.3 Å². The average molecular weight is 260 g/mol. The van der Waals surface area contributed by atoms with E-state index in [0.29, 0.717) is 6.54 Å². The highest BCUT2D eigenvalue weighted by Gasteiger charge is 2.22. The Balaban J connectivity index is 2.02. The first-order valence-electron chi connectivity index (χ1n) is 5.97. The van der Waals surface area contributed by atoms with Crippen molar-refractivity contribution in [3.05, 3.63) is 29.8 Å². The van der Waals surface area contributed by atoms with Crippen LogP contribution in [0.4, 0.5) is 5.69 Å². The molecular formula is C14H16N2OS. The van der Waals surface area contributed by atoms with Crippen LogP contribution >= 0.6 is 11.8 Å². The lowest BCUT2D eigenvalue weighted by molar-refractivity contribution is -0.119. The first kappa shape index (κ1) is 13.0. The predicted octanol–water partition coefficient (Wildman–Crippen LogP) is 1.69. The SMILES string of the molecule is NCC#Cc1cccc(NC(=O)C2CCSC2)c1. The molecule has 1 heterocycles. The van der Waals surface area contributed by atoms with Crippen LogP contribution < -0.4 is 11.1 Å². The predicted molar refractivity (Wildman–Crippen MR) is 76.4 cm³/mol. The van der Waals surface area contributed by atoms with Gasteiger partial charge in [-0.3, -0.25) is 4.79 Å². The number of rotatable bonds is 2. The summed E-state index contributed by atoms with van der Waals surface area (Å²) < 4.78 is 0. The molecule has 3 N–H and O–H groups in total. The standard InChI is InChI=1S/C14H16N2OS/c15-7-2-4-11-3-1-5-13(9-11)16-14(17)12-6-8-18-10-12/h1,3,5,9,12H,6-8,10,15H2,(H,16,17). The van der Waals surface area contributed by atoms with Crippen molar-refractivity contribution in [1.82, 2.24) is 0 Å². The third kappa shape index (κ3) is 3.52. The lowest BCUT2D eigenvalue weighted by Crippen LogP contribution is -2.22. The summed E-state index contributed by atoms with van der Waals surface area (Å²) in [5.74, 6) is 8.03. The molecule has 1 amide bonds. The number of carbonyl (C=O) groups is 1. The number of thioether (sulfide) groups is 1. The maximum absolute atomic E-state index is 12.0. The van der Waals surface area contributed by atoms with Gasteiger partial charge >= 0.3 is 0 Å². The summed E-state index contributed by atoms with van der Waals surface area (Å²) in [7, 11) is 0. The van der Waals surface area contributed by atoms with Gasteiger partial charge in [-0.2, -0.15) is 11.8 Å². The summed E-state index contributed by atoms with van der Waals surface area (Å²) in [6.45, 7) is 0.343. The molecule has 1 fully saturated rings. The van der Waals surface area contributed by atoms with Crippen molar-refractivity contribution in [2.24, 2.45) is 11.7 Å². The van der Waals surface area contributed by atoms with Gasteiger partial charge in [0.15, 0.2) is 0 Å². The molecule has 1 aliphatic rings. The molecular weight excluding hydrogens is 244 g/mol. The maximum atomic E-state index is 12.0. The van der Waals surface area contributed by atoms with Gasteiger partial charge in [0.1, 0.15) is 0 Å². The van der Waals surface area contributed by atoms with Crippen molar-refractivity contribution >= 4 is 23.4 Å². The zero-order valence-corrected chi connectivity index (χ0v) is 10.9. The number of hydrogen-bond acceptors (Lipinski definition) is 3. The van der Waals surface area contributed by atoms with E-state index < -0.39 is 0 Å². The molecule has 1 aromatic rings. The van der Waals surface area contributed by atoms with Gasteiger partial charge in [0.05, 0.1) is 6.54 Å². The molecule has 1 unspecified atom stereocenters. The Morgan fingerprint density at radius 3 is 3.17 bits per heavy atom. The Kier molecular flexibility index (Phi) is 4.68. The highest BCUT2D eigenvalue weighted by atomic mass is 32.2. The van der Waals surface area contributed by atoms with Crippen LogP contribution in [0.1, 0.15) is 12.0 Å². The Hall–Kier alpha value is -1.44. The minimum absolute atomic E-state index is 0.115. The number of nitrogens with two attached hydrogens (primary N) is 1. The highest BCUT2D eigenvalue weighted by molar-refractivity contribution is 7.99. The lowest BCUT2D eigenvalue weighted by Gasteiger charge is -2.09. The Labute approximate surface area is 112 Å². The van der Waals surface area contributed by atoms with Crippen molar-refractivity contribution in [2.75, 3.05) is 23.4 Å². The molecule has 1 atom stereocenters. The number of benzene rings is 1. The van der Waals surface area contributed by atoms with Gasteiger partial charge in [0.25, 0.3) is 0 Å². The topological polar surface area (TPSA) is 55.1 Å². The molecule has 1 aromatic carbocycles. The largest absolute Gasteiger partial charge is 0.326 e. The van der Waals surface area contributed by atoms with Gasteiger partial charge in [-0.05, 0) is 30.4 Å². The summed E-state index contributed by atoms with van der Waals surface area (Å²) in [5.41, 5.74) is 7.01. The second kappa shape index (κ2) is 6.48. The fourth-order valence-electron chi connectivity index (χ4n) is 1.81. The minimum atomic E-state index is 0.115. The van der Waals surface area contributed by atoms with E-state index in [1.807, 2.05) is 36.0 Å². The van der Waals surface area contributed by atoms with Crippen LogP contribution in [0.3, 0.4) is 0 Å². The molecule has 1 aliphatic heterocycles. The number of amides is 1. The first-order chi connectivity index (χ1) is 8.79. The molecule has 1 saturated heterocycles. The van der Waals surface area contributed by atoms with Crippen LogP contribution in [-0.4, -0.2) is 24.0 Å². The maximum Gasteiger partial charge on any atom is 0.228 e. The number of nitrogens with one attached hydrogen (secondary N) is 1. The average Bonchev–Trinajstić information content (AvgIpc) is 2.91. The Morgan fingerprint density at radius 2 is 2.44 bits per heavy atom. The molecule has 0 aliphatic carbocycles. The number of carbonyl (C=O) groups excluding carboxylic acids is 1. The second-order valence-corrected chi connectivity index (χ2v) is 5.29. The van der Waals surface area contributed by atoms with E-state index in [1.54, 1.807) is 0 Å². The molecule has 2 rings (SSSR count). The van der Waals surface area contributed by atoms with E-state index in [9.17, 15) is 4.79 Å². The summed E-state index contributed by atoms with van der Waals surface area (Å²) in [6.07, 6.45) is 0.975. The van der Waals surface area contributed by atoms with Crippen molar-refractivity contribution in [1.29, 1.82) is 0 Å². The first-order valence-corrected chi connectivity index (χ1v) is 7.12. The molecule has 0 spiro atoms. The molecule has 94 valence electrons. The summed E-state index contributed by atoms with van der Waals surface area (Å²) in [4.78, 5) is 12.0. The molecule has 3 nitrogen and oxygen atoms in total. The van der Waals surface area contributed by atoms with Crippen molar-refractivity contribution < 1.29 is 4.79 Å². The van der Waals surface area contributed by atoms with Crippen LogP contribution in [0.25, 0.3) is 0 Å². The van der Waals surface area contributed by atoms with E-state index in [1.165, 1.54) is 0 Å². The zero-order chi connectivity index (χ0) is 12.8. The van der Waals surface area contributed by atoms with E-state index in [4.69, 9.17) is 5.73 Å². The monoisotopic (exact) mass is 260 g/mol. The van der Waals surface area contributed by atoms with Gasteiger partial charge in [-0.15, -0.1) is 0 Å². The van der Waals surface area contributed by atoms with E-state index >= 15 is 0 Å². The normalized spacial score (nSPS) is 17.9. The third-order valence-electron chi connectivity index (χ3n) is 2.77. The zero-order valence-electron chi connectivity index (χ0n) is 10.1. The van der Waals surface area contributed by atoms with E-state index in [0.717, 1.165) is 29.2 Å². The smallest absolute Gasteiger partial charge is 0.228 e.